The molecular formula is C26H42Cl3N3O2S. The Balaban J connectivity index is 2.25. The smallest absolute Gasteiger partial charge is 0.228 e. The molecule has 9 heteroatoms. The lowest BCUT2D eigenvalue weighted by molar-refractivity contribution is -0.122. The van der Waals surface area contributed by atoms with E-state index < -0.39 is 9.96 Å². The van der Waals surface area contributed by atoms with Gasteiger partial charge in [0.25, 0.3) is 0 Å². The van der Waals surface area contributed by atoms with Gasteiger partial charge in [0, 0.05) is 12.1 Å². The molecule has 1 atom stereocenters. The van der Waals surface area contributed by atoms with Gasteiger partial charge in [-0.15, -0.1) is 0 Å². The van der Waals surface area contributed by atoms with E-state index in [1.807, 2.05) is 31.2 Å². The molecule has 200 valence electrons. The Labute approximate surface area is 232 Å². The second-order valence-corrected chi connectivity index (χ2v) is 11.5. The molecule has 0 saturated carbocycles. The summed E-state index contributed by atoms with van der Waals surface area (Å²) in [5.41, 5.74) is 0.747. The predicted octanol–water partition coefficient (Wildman–Crippen LogP) is 8.28. The lowest BCUT2D eigenvalue weighted by atomic mass is 10.0. The highest BCUT2D eigenvalue weighted by atomic mass is 35.6. The number of amides is 1. The molecule has 1 aromatic carbocycles. The van der Waals surface area contributed by atoms with Crippen molar-refractivity contribution in [3.63, 3.8) is 0 Å². The summed E-state index contributed by atoms with van der Waals surface area (Å²) in [5.74, 6) is 0.589. The van der Waals surface area contributed by atoms with Crippen LogP contribution in [0.1, 0.15) is 97.3 Å². The number of carbonyl (C=O) groups is 1. The van der Waals surface area contributed by atoms with Crippen LogP contribution in [0.5, 0.6) is 5.75 Å². The summed E-state index contributed by atoms with van der Waals surface area (Å²) in [6.07, 6.45) is 14.3. The fourth-order valence-electron chi connectivity index (χ4n) is 3.66. The Hall–Kier alpha value is -0.950. The predicted molar refractivity (Wildman–Crippen MR) is 155 cm³/mol. The lowest BCUT2D eigenvalue weighted by Crippen LogP contribution is -2.56. The van der Waals surface area contributed by atoms with Gasteiger partial charge in [-0.2, -0.15) is 0 Å². The van der Waals surface area contributed by atoms with Crippen LogP contribution in [0.4, 0.5) is 5.69 Å². The number of rotatable bonds is 18. The van der Waals surface area contributed by atoms with Gasteiger partial charge in [-0.25, -0.2) is 0 Å². The number of anilines is 1. The summed E-state index contributed by atoms with van der Waals surface area (Å²) in [6.45, 7) is 4.77. The Morgan fingerprint density at radius 2 is 1.37 bits per heavy atom. The number of carbonyl (C=O) groups excluding carboxylic acids is 1. The molecule has 0 radical (unpaired) electrons. The molecule has 0 bridgehead atoms. The molecule has 1 amide bonds. The maximum Gasteiger partial charge on any atom is 0.228 e. The average molecular weight is 567 g/mol. The Kier molecular flexibility index (Phi) is 17.6. The van der Waals surface area contributed by atoms with Crippen LogP contribution in [-0.2, 0) is 4.79 Å². The molecule has 1 unspecified atom stereocenters. The van der Waals surface area contributed by atoms with E-state index in [4.69, 9.17) is 51.8 Å². The van der Waals surface area contributed by atoms with Gasteiger partial charge in [0.15, 0.2) is 5.11 Å². The number of unbranched alkanes of at least 4 members (excludes halogenated alkanes) is 11. The summed E-state index contributed by atoms with van der Waals surface area (Å²) in [7, 11) is 0. The van der Waals surface area contributed by atoms with Gasteiger partial charge in [0.2, 0.25) is 9.70 Å². The number of benzene rings is 1. The average Bonchev–Trinajstić information content (AvgIpc) is 2.80. The summed E-state index contributed by atoms with van der Waals surface area (Å²) in [4.78, 5) is 12.4. The van der Waals surface area contributed by atoms with E-state index in [0.29, 0.717) is 13.0 Å². The van der Waals surface area contributed by atoms with Gasteiger partial charge < -0.3 is 20.7 Å². The molecule has 3 N–H and O–H groups in total. The van der Waals surface area contributed by atoms with Gasteiger partial charge >= 0.3 is 0 Å². The Morgan fingerprint density at radius 1 is 0.857 bits per heavy atom. The maximum atomic E-state index is 12.4. The zero-order valence-electron chi connectivity index (χ0n) is 21.1. The number of hydrogen-bond acceptors (Lipinski definition) is 3. The first-order valence-corrected chi connectivity index (χ1v) is 14.5. The highest BCUT2D eigenvalue weighted by Gasteiger charge is 2.34. The first kappa shape index (κ1) is 32.1. The molecule has 0 saturated heterocycles. The van der Waals surface area contributed by atoms with E-state index >= 15 is 0 Å². The van der Waals surface area contributed by atoms with Crippen LogP contribution in [0.15, 0.2) is 24.3 Å². The molecule has 0 spiro atoms. The SMILES string of the molecule is CCCCCCCCCCCCCCC(=O)NC(NC(=S)Nc1ccc(OCC)cc1)C(Cl)(Cl)Cl. The third kappa shape index (κ3) is 16.4. The standard InChI is InChI=1S/C26H42Cl3N3O2S/c1-3-5-6-7-8-9-10-11-12-13-14-15-16-23(33)31-24(26(27,28)29)32-25(35)30-21-17-19-22(20-18-21)34-4-2/h17-20,24H,3-16H2,1-2H3,(H,31,33)(H2,30,32,35). The van der Waals surface area contributed by atoms with Crippen molar-refractivity contribution in [1.29, 1.82) is 0 Å². The van der Waals surface area contributed by atoms with Gasteiger partial charge in [-0.05, 0) is 49.8 Å². The first-order valence-electron chi connectivity index (χ1n) is 12.9. The highest BCUT2D eigenvalue weighted by Crippen LogP contribution is 2.29. The Bertz CT molecular complexity index is 715. The van der Waals surface area contributed by atoms with E-state index in [9.17, 15) is 4.79 Å². The van der Waals surface area contributed by atoms with Crippen molar-refractivity contribution in [2.24, 2.45) is 0 Å². The fourth-order valence-corrected chi connectivity index (χ4v) is 4.22. The molecule has 0 aromatic heterocycles. The molecule has 1 aromatic rings. The minimum atomic E-state index is -1.77. The molecule has 1 rings (SSSR count). The van der Waals surface area contributed by atoms with E-state index in [1.54, 1.807) is 0 Å². The van der Waals surface area contributed by atoms with Crippen molar-refractivity contribution >= 4 is 63.7 Å². The van der Waals surface area contributed by atoms with Crippen molar-refractivity contribution in [3.8, 4) is 5.75 Å². The van der Waals surface area contributed by atoms with Crippen LogP contribution in [0.2, 0.25) is 0 Å². The number of thiocarbonyl (C=S) groups is 1. The second-order valence-electron chi connectivity index (χ2n) is 8.74. The van der Waals surface area contributed by atoms with Crippen LogP contribution in [0.25, 0.3) is 0 Å². The first-order chi connectivity index (χ1) is 16.8. The van der Waals surface area contributed by atoms with Gasteiger partial charge in [0.1, 0.15) is 11.9 Å². The molecule has 0 aliphatic carbocycles. The number of halogens is 3. The van der Waals surface area contributed by atoms with Crippen LogP contribution < -0.4 is 20.7 Å². The van der Waals surface area contributed by atoms with Crippen molar-refractivity contribution in [2.45, 2.75) is 107 Å². The van der Waals surface area contributed by atoms with E-state index in [0.717, 1.165) is 30.7 Å². The molecule has 0 fully saturated rings. The van der Waals surface area contributed by atoms with E-state index in [2.05, 4.69) is 22.9 Å². The van der Waals surface area contributed by atoms with Crippen LogP contribution in [0.3, 0.4) is 0 Å². The van der Waals surface area contributed by atoms with Crippen LogP contribution >= 0.6 is 47.0 Å². The van der Waals surface area contributed by atoms with Gasteiger partial charge in [-0.3, -0.25) is 4.79 Å². The number of alkyl halides is 3. The fraction of sp³-hybridized carbons (Fsp3) is 0.692. The minimum Gasteiger partial charge on any atom is -0.494 e. The van der Waals surface area contributed by atoms with E-state index in [1.165, 1.54) is 57.8 Å². The zero-order valence-corrected chi connectivity index (χ0v) is 24.2. The normalized spacial score (nSPS) is 12.1. The topological polar surface area (TPSA) is 62.4 Å². The molecular weight excluding hydrogens is 525 g/mol. The maximum absolute atomic E-state index is 12.4. The number of hydrogen-bond donors (Lipinski definition) is 3. The number of ether oxygens (including phenoxy) is 1. The summed E-state index contributed by atoms with van der Waals surface area (Å²) >= 11 is 23.6. The van der Waals surface area contributed by atoms with Crippen molar-refractivity contribution in [2.75, 3.05) is 11.9 Å². The lowest BCUT2D eigenvalue weighted by Gasteiger charge is -2.27. The number of nitrogens with one attached hydrogen (secondary N) is 3. The quantitative estimate of drug-likeness (QED) is 0.0722. The summed E-state index contributed by atoms with van der Waals surface area (Å²) < 4.78 is 3.66. The van der Waals surface area contributed by atoms with Crippen LogP contribution in [0, 0.1) is 0 Å². The van der Waals surface area contributed by atoms with Crippen molar-refractivity contribution < 1.29 is 9.53 Å². The second kappa shape index (κ2) is 19.2. The third-order valence-corrected chi connectivity index (χ3v) is 6.46. The summed E-state index contributed by atoms with van der Waals surface area (Å²) in [6, 6.07) is 7.32. The largest absolute Gasteiger partial charge is 0.494 e. The minimum absolute atomic E-state index is 0.176. The molecule has 35 heavy (non-hydrogen) atoms. The molecule has 0 heterocycles. The third-order valence-electron chi connectivity index (χ3n) is 5.59. The van der Waals surface area contributed by atoms with Crippen molar-refractivity contribution in [3.05, 3.63) is 24.3 Å². The Morgan fingerprint density at radius 3 is 1.86 bits per heavy atom. The molecule has 0 aliphatic heterocycles. The monoisotopic (exact) mass is 565 g/mol. The highest BCUT2D eigenvalue weighted by molar-refractivity contribution is 7.80. The van der Waals surface area contributed by atoms with E-state index in [-0.39, 0.29) is 11.0 Å². The van der Waals surface area contributed by atoms with Gasteiger partial charge in [0.05, 0.1) is 6.61 Å². The van der Waals surface area contributed by atoms with Gasteiger partial charge in [-0.1, -0.05) is 112 Å². The zero-order chi connectivity index (χ0) is 25.9. The van der Waals surface area contributed by atoms with Crippen molar-refractivity contribution in [1.82, 2.24) is 10.6 Å². The van der Waals surface area contributed by atoms with Crippen LogP contribution in [-0.4, -0.2) is 27.6 Å². The molecule has 0 aliphatic rings. The summed E-state index contributed by atoms with van der Waals surface area (Å²) in [5, 5.41) is 8.88. The molecule has 5 nitrogen and oxygen atoms in total.